The van der Waals surface area contributed by atoms with Gasteiger partial charge in [0.15, 0.2) is 5.78 Å². The van der Waals surface area contributed by atoms with Crippen LogP contribution in [0.1, 0.15) is 21.5 Å². The van der Waals surface area contributed by atoms with Gasteiger partial charge in [-0.3, -0.25) is 14.1 Å². The molecule has 8 heteroatoms. The van der Waals surface area contributed by atoms with Crippen LogP contribution in [0, 0.1) is 6.92 Å². The van der Waals surface area contributed by atoms with Crippen molar-refractivity contribution in [2.24, 2.45) is 7.05 Å². The van der Waals surface area contributed by atoms with Gasteiger partial charge in [0.05, 0.1) is 22.5 Å². The molecule has 7 nitrogen and oxygen atoms in total. The Bertz CT molecular complexity index is 1630. The molecule has 0 amide bonds. The van der Waals surface area contributed by atoms with Gasteiger partial charge in [-0.1, -0.05) is 36.4 Å². The molecular weight excluding hydrogens is 428 g/mol. The molecule has 4 aromatic rings. The predicted molar refractivity (Wildman–Crippen MR) is 122 cm³/mol. The summed E-state index contributed by atoms with van der Waals surface area (Å²) in [6.45, 7) is 1.58. The van der Waals surface area contributed by atoms with Gasteiger partial charge in [-0.15, -0.1) is 0 Å². The summed E-state index contributed by atoms with van der Waals surface area (Å²) in [5, 5.41) is 3.65. The average Bonchev–Trinajstić information content (AvgIpc) is 2.74. The standard InChI is InChI=1S/C24H18N2O5S/c1-13-6-5-9-18(24(13)32(29,30)31)25-17-10-11-19-21-16(12-20(27)26(19)2)14-7-3-4-8-15(14)23(28)22(17)21/h3-12,25H,1-2H3,(H,29,30,31). The van der Waals surface area contributed by atoms with E-state index in [4.69, 9.17) is 0 Å². The molecule has 0 aliphatic heterocycles. The third kappa shape index (κ3) is 2.88. The Morgan fingerprint density at radius 1 is 0.875 bits per heavy atom. The number of nitrogens with zero attached hydrogens (tertiary/aromatic N) is 1. The molecule has 1 aromatic heterocycles. The normalized spacial score (nSPS) is 12.7. The molecule has 0 saturated carbocycles. The first kappa shape index (κ1) is 20.2. The number of hydrogen-bond acceptors (Lipinski definition) is 5. The van der Waals surface area contributed by atoms with E-state index in [-0.39, 0.29) is 21.9 Å². The van der Waals surface area contributed by atoms with Crippen LogP contribution in [0.5, 0.6) is 0 Å². The molecule has 0 radical (unpaired) electrons. The third-order valence-electron chi connectivity index (χ3n) is 5.84. The molecule has 0 fully saturated rings. The number of aryl methyl sites for hydroxylation is 2. The van der Waals surface area contributed by atoms with Gasteiger partial charge >= 0.3 is 0 Å². The van der Waals surface area contributed by atoms with Crippen LogP contribution >= 0.6 is 0 Å². The maximum Gasteiger partial charge on any atom is 0.296 e. The molecule has 2 N–H and O–H groups in total. The Labute approximate surface area is 183 Å². The minimum absolute atomic E-state index is 0.154. The quantitative estimate of drug-likeness (QED) is 0.405. The second kappa shape index (κ2) is 6.88. The maximum atomic E-state index is 13.6. The SMILES string of the molecule is Cc1cccc(Nc2ccc3c4c(cc(=O)n3C)-c3ccccc3C(=O)c24)c1S(=O)(=O)O. The number of carbonyl (C=O) groups excluding carboxylic acids is 1. The maximum absolute atomic E-state index is 13.6. The first-order chi connectivity index (χ1) is 15.2. The predicted octanol–water partition coefficient (Wildman–Crippen LogP) is 4.05. The fourth-order valence-electron chi connectivity index (χ4n) is 4.40. The van der Waals surface area contributed by atoms with Gasteiger partial charge < -0.3 is 9.88 Å². The van der Waals surface area contributed by atoms with E-state index in [9.17, 15) is 22.6 Å². The van der Waals surface area contributed by atoms with Crippen molar-refractivity contribution < 1.29 is 17.8 Å². The van der Waals surface area contributed by atoms with Crippen LogP contribution < -0.4 is 10.9 Å². The van der Waals surface area contributed by atoms with Crippen molar-refractivity contribution in [1.82, 2.24) is 4.57 Å². The van der Waals surface area contributed by atoms with Crippen molar-refractivity contribution in [1.29, 1.82) is 0 Å². The largest absolute Gasteiger partial charge is 0.354 e. The Balaban J connectivity index is 1.85. The fraction of sp³-hybridized carbons (Fsp3) is 0.0833. The van der Waals surface area contributed by atoms with Gasteiger partial charge in [0.2, 0.25) is 0 Å². The molecular formula is C24H18N2O5S. The summed E-state index contributed by atoms with van der Waals surface area (Å²) in [6, 6.07) is 16.7. The highest BCUT2D eigenvalue weighted by molar-refractivity contribution is 7.86. The van der Waals surface area contributed by atoms with Gasteiger partial charge in [-0.25, -0.2) is 0 Å². The topological polar surface area (TPSA) is 105 Å². The van der Waals surface area contributed by atoms with Crippen LogP contribution in [-0.4, -0.2) is 23.3 Å². The van der Waals surface area contributed by atoms with E-state index >= 15 is 0 Å². The first-order valence-electron chi connectivity index (χ1n) is 9.83. The lowest BCUT2D eigenvalue weighted by Crippen LogP contribution is -2.21. The van der Waals surface area contributed by atoms with Crippen molar-refractivity contribution >= 4 is 38.2 Å². The lowest BCUT2D eigenvalue weighted by Gasteiger charge is -2.24. The minimum atomic E-state index is -4.51. The lowest BCUT2D eigenvalue weighted by atomic mass is 9.83. The number of benzene rings is 3. The highest BCUT2D eigenvalue weighted by atomic mass is 32.2. The van der Waals surface area contributed by atoms with Gasteiger partial charge in [0.25, 0.3) is 15.7 Å². The molecule has 1 heterocycles. The van der Waals surface area contributed by atoms with Crippen molar-refractivity contribution in [2.75, 3.05) is 5.32 Å². The van der Waals surface area contributed by atoms with E-state index in [1.165, 1.54) is 16.7 Å². The molecule has 0 unspecified atom stereocenters. The van der Waals surface area contributed by atoms with Gasteiger partial charge in [0, 0.05) is 24.1 Å². The molecule has 0 atom stereocenters. The van der Waals surface area contributed by atoms with E-state index in [2.05, 4.69) is 5.32 Å². The van der Waals surface area contributed by atoms with E-state index in [1.807, 2.05) is 12.1 Å². The van der Waals surface area contributed by atoms with E-state index < -0.39 is 10.1 Å². The van der Waals surface area contributed by atoms with Crippen LogP contribution in [0.25, 0.3) is 22.0 Å². The molecule has 5 rings (SSSR count). The van der Waals surface area contributed by atoms with Crippen LogP contribution in [-0.2, 0) is 17.2 Å². The second-order valence-electron chi connectivity index (χ2n) is 7.76. The Hall–Kier alpha value is -3.75. The van der Waals surface area contributed by atoms with E-state index in [0.717, 1.165) is 0 Å². The third-order valence-corrected chi connectivity index (χ3v) is 6.90. The molecule has 0 spiro atoms. The molecule has 1 aliphatic carbocycles. The number of anilines is 2. The van der Waals surface area contributed by atoms with Crippen LogP contribution in [0.15, 0.2) is 70.4 Å². The Morgan fingerprint density at radius 3 is 2.31 bits per heavy atom. The summed E-state index contributed by atoms with van der Waals surface area (Å²) in [5.74, 6) is -0.235. The lowest BCUT2D eigenvalue weighted by molar-refractivity contribution is 0.104. The smallest absolute Gasteiger partial charge is 0.296 e. The zero-order valence-corrected chi connectivity index (χ0v) is 18.0. The van der Waals surface area contributed by atoms with Gasteiger partial charge in [0.1, 0.15) is 4.90 Å². The number of fused-ring (bicyclic) bond motifs is 2. The number of hydrogen-bond donors (Lipinski definition) is 2. The number of nitrogens with one attached hydrogen (secondary N) is 1. The number of ketones is 1. The minimum Gasteiger partial charge on any atom is -0.354 e. The number of carbonyl (C=O) groups is 1. The van der Waals surface area contributed by atoms with E-state index in [0.29, 0.717) is 44.4 Å². The number of pyridine rings is 1. The zero-order valence-electron chi connectivity index (χ0n) is 17.2. The summed E-state index contributed by atoms with van der Waals surface area (Å²) in [4.78, 5) is 25.9. The first-order valence-corrected chi connectivity index (χ1v) is 11.3. The molecule has 32 heavy (non-hydrogen) atoms. The zero-order chi connectivity index (χ0) is 22.8. The summed E-state index contributed by atoms with van der Waals surface area (Å²) in [6.07, 6.45) is 0. The number of aromatic nitrogens is 1. The summed E-state index contributed by atoms with van der Waals surface area (Å²) in [7, 11) is -2.87. The monoisotopic (exact) mass is 446 g/mol. The molecule has 1 aliphatic rings. The van der Waals surface area contributed by atoms with Crippen molar-refractivity contribution in [3.8, 4) is 11.1 Å². The fourth-order valence-corrected chi connectivity index (χ4v) is 5.27. The van der Waals surface area contributed by atoms with Crippen LogP contribution in [0.3, 0.4) is 0 Å². The molecule has 0 saturated heterocycles. The Morgan fingerprint density at radius 2 is 1.59 bits per heavy atom. The van der Waals surface area contributed by atoms with Crippen molar-refractivity contribution in [3.63, 3.8) is 0 Å². The van der Waals surface area contributed by atoms with Crippen molar-refractivity contribution in [3.05, 3.63) is 87.7 Å². The summed E-state index contributed by atoms with van der Waals surface area (Å²) < 4.78 is 35.3. The van der Waals surface area contributed by atoms with E-state index in [1.54, 1.807) is 50.4 Å². The average molecular weight is 446 g/mol. The van der Waals surface area contributed by atoms with Crippen LogP contribution in [0.2, 0.25) is 0 Å². The highest BCUT2D eigenvalue weighted by Gasteiger charge is 2.29. The Kier molecular flexibility index (Phi) is 4.34. The molecule has 3 aromatic carbocycles. The van der Waals surface area contributed by atoms with Crippen molar-refractivity contribution in [2.45, 2.75) is 11.8 Å². The second-order valence-corrected chi connectivity index (χ2v) is 9.12. The van der Waals surface area contributed by atoms with Gasteiger partial charge in [-0.2, -0.15) is 8.42 Å². The summed E-state index contributed by atoms with van der Waals surface area (Å²) in [5.41, 5.74) is 3.43. The molecule has 0 bridgehead atoms. The van der Waals surface area contributed by atoms with Crippen LogP contribution in [0.4, 0.5) is 11.4 Å². The molecule has 160 valence electrons. The number of rotatable bonds is 3. The summed E-state index contributed by atoms with van der Waals surface area (Å²) >= 11 is 0. The highest BCUT2D eigenvalue weighted by Crippen LogP contribution is 2.42. The van der Waals surface area contributed by atoms with Gasteiger partial charge in [-0.05, 0) is 41.8 Å².